The molecule has 0 saturated carbocycles. The third kappa shape index (κ3) is 6.24. The van der Waals surface area contributed by atoms with Crippen molar-refractivity contribution < 1.29 is 0 Å². The number of nitrogens with one attached hydrogen (secondary N) is 1. The van der Waals surface area contributed by atoms with Gasteiger partial charge < -0.3 is 5.32 Å². The van der Waals surface area contributed by atoms with Gasteiger partial charge in [-0.2, -0.15) is 5.10 Å². The first-order valence-electron chi connectivity index (χ1n) is 7.94. The van der Waals surface area contributed by atoms with Crippen LogP contribution in [0.25, 0.3) is 0 Å². The van der Waals surface area contributed by atoms with Crippen molar-refractivity contribution in [1.29, 1.82) is 0 Å². The fraction of sp³-hybridized carbons (Fsp3) is 0.812. The molecule has 19 heavy (non-hydrogen) atoms. The SMILES string of the molecule is CCCCCC(Cc1ccn(C(C)C)n1)NCCC. The number of nitrogens with zero attached hydrogens (tertiary/aromatic N) is 2. The second-order valence-electron chi connectivity index (χ2n) is 5.73. The minimum atomic E-state index is 0.455. The molecule has 0 aliphatic heterocycles. The van der Waals surface area contributed by atoms with Crippen molar-refractivity contribution in [2.45, 2.75) is 78.3 Å². The molecule has 3 heteroatoms. The van der Waals surface area contributed by atoms with Crippen LogP contribution in [0, 0.1) is 0 Å². The summed E-state index contributed by atoms with van der Waals surface area (Å²) in [7, 11) is 0. The Bertz CT molecular complexity index is 330. The minimum absolute atomic E-state index is 0.455. The first kappa shape index (κ1) is 16.2. The van der Waals surface area contributed by atoms with Crippen LogP contribution in [-0.4, -0.2) is 22.4 Å². The molecule has 1 rings (SSSR count). The number of hydrogen-bond acceptors (Lipinski definition) is 2. The third-order valence-corrected chi connectivity index (χ3v) is 3.49. The van der Waals surface area contributed by atoms with E-state index in [0.29, 0.717) is 12.1 Å². The van der Waals surface area contributed by atoms with Crippen molar-refractivity contribution in [3.05, 3.63) is 18.0 Å². The maximum Gasteiger partial charge on any atom is 0.0640 e. The first-order chi connectivity index (χ1) is 9.17. The van der Waals surface area contributed by atoms with Gasteiger partial charge in [-0.05, 0) is 39.3 Å². The molecule has 0 aliphatic carbocycles. The van der Waals surface area contributed by atoms with E-state index < -0.39 is 0 Å². The number of unbranched alkanes of at least 4 members (excludes halogenated alkanes) is 2. The second kappa shape index (κ2) is 9.13. The van der Waals surface area contributed by atoms with E-state index in [1.165, 1.54) is 37.8 Å². The van der Waals surface area contributed by atoms with Crippen molar-refractivity contribution in [2.24, 2.45) is 0 Å². The smallest absolute Gasteiger partial charge is 0.0640 e. The van der Waals surface area contributed by atoms with E-state index in [2.05, 4.69) is 55.1 Å². The van der Waals surface area contributed by atoms with Gasteiger partial charge in [-0.1, -0.05) is 33.1 Å². The number of hydrogen-bond donors (Lipinski definition) is 1. The van der Waals surface area contributed by atoms with E-state index in [1.807, 2.05) is 0 Å². The molecular weight excluding hydrogens is 234 g/mol. The van der Waals surface area contributed by atoms with Crippen molar-refractivity contribution in [1.82, 2.24) is 15.1 Å². The van der Waals surface area contributed by atoms with Gasteiger partial charge in [0.1, 0.15) is 0 Å². The van der Waals surface area contributed by atoms with Gasteiger partial charge in [0, 0.05) is 24.7 Å². The van der Waals surface area contributed by atoms with Crippen molar-refractivity contribution in [2.75, 3.05) is 6.54 Å². The van der Waals surface area contributed by atoms with E-state index in [9.17, 15) is 0 Å². The van der Waals surface area contributed by atoms with Crippen LogP contribution in [0.1, 0.15) is 71.5 Å². The van der Waals surface area contributed by atoms with Gasteiger partial charge in [0.2, 0.25) is 0 Å². The topological polar surface area (TPSA) is 29.9 Å². The molecule has 110 valence electrons. The zero-order valence-corrected chi connectivity index (χ0v) is 13.2. The van der Waals surface area contributed by atoms with Crippen LogP contribution >= 0.6 is 0 Å². The van der Waals surface area contributed by atoms with Crippen molar-refractivity contribution in [3.63, 3.8) is 0 Å². The summed E-state index contributed by atoms with van der Waals surface area (Å²) in [6.07, 6.45) is 9.58. The van der Waals surface area contributed by atoms with E-state index in [4.69, 9.17) is 0 Å². The highest BCUT2D eigenvalue weighted by Gasteiger charge is 2.11. The molecule has 1 unspecified atom stereocenters. The fourth-order valence-corrected chi connectivity index (χ4v) is 2.29. The molecule has 0 bridgehead atoms. The molecule has 0 saturated heterocycles. The van der Waals surface area contributed by atoms with Crippen LogP contribution in [0.3, 0.4) is 0 Å². The van der Waals surface area contributed by atoms with E-state index in [-0.39, 0.29) is 0 Å². The summed E-state index contributed by atoms with van der Waals surface area (Å²) in [5, 5.41) is 8.33. The van der Waals surface area contributed by atoms with Crippen LogP contribution in [-0.2, 0) is 6.42 Å². The van der Waals surface area contributed by atoms with E-state index in [0.717, 1.165) is 13.0 Å². The first-order valence-corrected chi connectivity index (χ1v) is 7.94. The summed E-state index contributed by atoms with van der Waals surface area (Å²) in [5.41, 5.74) is 1.22. The van der Waals surface area contributed by atoms with Gasteiger partial charge in [-0.3, -0.25) is 4.68 Å². The summed E-state index contributed by atoms with van der Waals surface area (Å²) >= 11 is 0. The second-order valence-corrected chi connectivity index (χ2v) is 5.73. The summed E-state index contributed by atoms with van der Waals surface area (Å²) in [6, 6.07) is 3.21. The largest absolute Gasteiger partial charge is 0.314 e. The molecular formula is C16H31N3. The molecule has 0 spiro atoms. The molecule has 0 radical (unpaired) electrons. The summed E-state index contributed by atoms with van der Waals surface area (Å²) in [5.74, 6) is 0. The molecule has 0 aliphatic rings. The third-order valence-electron chi connectivity index (χ3n) is 3.49. The molecule has 0 aromatic carbocycles. The average Bonchev–Trinajstić information content (AvgIpc) is 2.84. The normalized spacial score (nSPS) is 13.1. The number of aromatic nitrogens is 2. The summed E-state index contributed by atoms with van der Waals surface area (Å²) in [6.45, 7) is 9.94. The van der Waals surface area contributed by atoms with Crippen LogP contribution in [0.15, 0.2) is 12.3 Å². The molecule has 3 nitrogen and oxygen atoms in total. The zero-order valence-electron chi connectivity index (χ0n) is 13.2. The lowest BCUT2D eigenvalue weighted by Gasteiger charge is -2.17. The lowest BCUT2D eigenvalue weighted by atomic mass is 10.0. The highest BCUT2D eigenvalue weighted by molar-refractivity contribution is 5.02. The van der Waals surface area contributed by atoms with Crippen molar-refractivity contribution >= 4 is 0 Å². The Morgan fingerprint density at radius 2 is 2.00 bits per heavy atom. The molecule has 1 aromatic rings. The van der Waals surface area contributed by atoms with Gasteiger partial charge in [0.25, 0.3) is 0 Å². The Hall–Kier alpha value is -0.830. The monoisotopic (exact) mass is 265 g/mol. The Morgan fingerprint density at radius 3 is 2.58 bits per heavy atom. The maximum atomic E-state index is 4.66. The standard InChI is InChI=1S/C16H31N3/c1-5-7-8-9-15(17-11-6-2)13-16-10-12-19(18-16)14(3)4/h10,12,14-15,17H,5-9,11,13H2,1-4H3. The van der Waals surface area contributed by atoms with Crippen LogP contribution in [0.4, 0.5) is 0 Å². The molecule has 0 amide bonds. The molecule has 1 N–H and O–H groups in total. The Balaban J connectivity index is 2.48. The lowest BCUT2D eigenvalue weighted by molar-refractivity contribution is 0.447. The average molecular weight is 265 g/mol. The highest BCUT2D eigenvalue weighted by atomic mass is 15.3. The fourth-order valence-electron chi connectivity index (χ4n) is 2.29. The van der Waals surface area contributed by atoms with Gasteiger partial charge in [-0.25, -0.2) is 0 Å². The van der Waals surface area contributed by atoms with Gasteiger partial charge >= 0.3 is 0 Å². The van der Waals surface area contributed by atoms with Crippen molar-refractivity contribution in [3.8, 4) is 0 Å². The quantitative estimate of drug-likeness (QED) is 0.649. The van der Waals surface area contributed by atoms with Gasteiger partial charge in [0.05, 0.1) is 5.69 Å². The van der Waals surface area contributed by atoms with Gasteiger partial charge in [-0.15, -0.1) is 0 Å². The predicted octanol–water partition coefficient (Wildman–Crippen LogP) is 3.96. The van der Waals surface area contributed by atoms with Crippen LogP contribution in [0.2, 0.25) is 0 Å². The molecule has 0 fully saturated rings. The zero-order chi connectivity index (χ0) is 14.1. The van der Waals surface area contributed by atoms with Gasteiger partial charge in [0.15, 0.2) is 0 Å². The minimum Gasteiger partial charge on any atom is -0.314 e. The molecule has 1 atom stereocenters. The lowest BCUT2D eigenvalue weighted by Crippen LogP contribution is -2.32. The van der Waals surface area contributed by atoms with Crippen LogP contribution in [0.5, 0.6) is 0 Å². The summed E-state index contributed by atoms with van der Waals surface area (Å²) < 4.78 is 2.05. The van der Waals surface area contributed by atoms with Crippen LogP contribution < -0.4 is 5.32 Å². The Morgan fingerprint density at radius 1 is 1.21 bits per heavy atom. The Kier molecular flexibility index (Phi) is 7.80. The van der Waals surface area contributed by atoms with E-state index >= 15 is 0 Å². The van der Waals surface area contributed by atoms with E-state index in [1.54, 1.807) is 0 Å². The summed E-state index contributed by atoms with van der Waals surface area (Å²) in [4.78, 5) is 0. The highest BCUT2D eigenvalue weighted by Crippen LogP contribution is 2.11. The predicted molar refractivity (Wildman–Crippen MR) is 82.5 cm³/mol. The molecule has 1 heterocycles. The Labute approximate surface area is 118 Å². The maximum absolute atomic E-state index is 4.66. The molecule has 1 aromatic heterocycles. The number of rotatable bonds is 10.